The Hall–Kier alpha value is -0.530. The van der Waals surface area contributed by atoms with Gasteiger partial charge < -0.3 is 5.73 Å². The van der Waals surface area contributed by atoms with Gasteiger partial charge in [0.25, 0.3) is 0 Å². The Morgan fingerprint density at radius 1 is 1.21 bits per heavy atom. The van der Waals surface area contributed by atoms with E-state index in [1.165, 1.54) is 32.1 Å². The Kier molecular flexibility index (Phi) is 4.99. The van der Waals surface area contributed by atoms with Gasteiger partial charge in [0.2, 0.25) is 0 Å². The molecule has 2 N–H and O–H groups in total. The molecule has 0 heterocycles. The van der Waals surface area contributed by atoms with Gasteiger partial charge in [-0.25, -0.2) is 0 Å². The summed E-state index contributed by atoms with van der Waals surface area (Å²) in [6.07, 6.45) is 8.62. The zero-order valence-corrected chi connectivity index (χ0v) is 9.63. The predicted molar refractivity (Wildman–Crippen MR) is 62.6 cm³/mol. The molecule has 0 aromatic carbocycles. The van der Waals surface area contributed by atoms with Crippen LogP contribution in [0.4, 0.5) is 0 Å². The van der Waals surface area contributed by atoms with E-state index < -0.39 is 0 Å². The lowest BCUT2D eigenvalue weighted by molar-refractivity contribution is 0.320. The van der Waals surface area contributed by atoms with Crippen molar-refractivity contribution >= 4 is 5.84 Å². The summed E-state index contributed by atoms with van der Waals surface area (Å²) in [5, 5.41) is 0. The first kappa shape index (κ1) is 11.5. The maximum Gasteiger partial charge on any atom is 0.0940 e. The van der Waals surface area contributed by atoms with Gasteiger partial charge in [-0.2, -0.15) is 0 Å². The fourth-order valence-electron chi connectivity index (χ4n) is 2.24. The lowest BCUT2D eigenvalue weighted by atomic mass is 9.85. The van der Waals surface area contributed by atoms with Crippen molar-refractivity contribution in [2.45, 2.75) is 64.8 Å². The van der Waals surface area contributed by atoms with Crippen LogP contribution in [0, 0.1) is 5.92 Å². The summed E-state index contributed by atoms with van der Waals surface area (Å²) in [5.74, 6) is 1.82. The van der Waals surface area contributed by atoms with E-state index in [2.05, 4.69) is 18.8 Å². The fraction of sp³-hybridized carbons (Fsp3) is 0.917. The van der Waals surface area contributed by atoms with Crippen molar-refractivity contribution in [3.05, 3.63) is 0 Å². The van der Waals surface area contributed by atoms with Crippen molar-refractivity contribution in [2.24, 2.45) is 16.6 Å². The molecule has 0 aliphatic heterocycles. The highest BCUT2D eigenvalue weighted by molar-refractivity contribution is 5.80. The van der Waals surface area contributed by atoms with Crippen molar-refractivity contribution in [3.8, 4) is 0 Å². The molecule has 2 nitrogen and oxygen atoms in total. The van der Waals surface area contributed by atoms with E-state index in [0.717, 1.165) is 24.6 Å². The maximum absolute atomic E-state index is 5.83. The van der Waals surface area contributed by atoms with Crippen LogP contribution in [0.3, 0.4) is 0 Å². The Morgan fingerprint density at radius 3 is 2.36 bits per heavy atom. The summed E-state index contributed by atoms with van der Waals surface area (Å²) < 4.78 is 0. The molecule has 2 heteroatoms. The zero-order valence-electron chi connectivity index (χ0n) is 9.63. The van der Waals surface area contributed by atoms with Crippen LogP contribution in [-0.2, 0) is 0 Å². The lowest BCUT2D eigenvalue weighted by Crippen LogP contribution is -2.21. The normalized spacial score (nSPS) is 29.1. The average molecular weight is 196 g/mol. The van der Waals surface area contributed by atoms with Gasteiger partial charge in [0, 0.05) is 6.42 Å². The maximum atomic E-state index is 5.83. The molecular weight excluding hydrogens is 172 g/mol. The third kappa shape index (κ3) is 3.69. The van der Waals surface area contributed by atoms with Crippen molar-refractivity contribution in [1.82, 2.24) is 0 Å². The summed E-state index contributed by atoms with van der Waals surface area (Å²) in [4.78, 5) is 4.59. The Bertz CT molecular complexity index is 179. The fourth-order valence-corrected chi connectivity index (χ4v) is 2.24. The van der Waals surface area contributed by atoms with Gasteiger partial charge in [-0.1, -0.05) is 20.3 Å². The second-order valence-electron chi connectivity index (χ2n) is 4.45. The molecule has 0 saturated heterocycles. The van der Waals surface area contributed by atoms with Crippen LogP contribution in [0.2, 0.25) is 0 Å². The van der Waals surface area contributed by atoms with E-state index in [9.17, 15) is 0 Å². The zero-order chi connectivity index (χ0) is 10.4. The second kappa shape index (κ2) is 6.05. The number of hydrogen-bond acceptors (Lipinski definition) is 1. The molecule has 14 heavy (non-hydrogen) atoms. The van der Waals surface area contributed by atoms with E-state index in [1.807, 2.05) is 0 Å². The predicted octanol–water partition coefficient (Wildman–Crippen LogP) is 3.11. The topological polar surface area (TPSA) is 38.4 Å². The number of nitrogens with two attached hydrogens (primary N) is 1. The number of aliphatic imine (C=N–C) groups is 1. The Balaban J connectivity index is 2.31. The van der Waals surface area contributed by atoms with Crippen LogP contribution >= 0.6 is 0 Å². The van der Waals surface area contributed by atoms with E-state index in [-0.39, 0.29) is 0 Å². The molecule has 1 fully saturated rings. The molecule has 0 unspecified atom stereocenters. The molecule has 0 bridgehead atoms. The first-order valence-electron chi connectivity index (χ1n) is 6.08. The van der Waals surface area contributed by atoms with Gasteiger partial charge in [0.05, 0.1) is 11.9 Å². The van der Waals surface area contributed by atoms with Gasteiger partial charge >= 0.3 is 0 Å². The monoisotopic (exact) mass is 196 g/mol. The van der Waals surface area contributed by atoms with E-state index in [4.69, 9.17) is 5.73 Å². The molecule has 1 saturated carbocycles. The van der Waals surface area contributed by atoms with Gasteiger partial charge in [-0.15, -0.1) is 0 Å². The molecule has 0 aromatic rings. The third-order valence-corrected chi connectivity index (χ3v) is 3.25. The number of rotatable bonds is 4. The summed E-state index contributed by atoms with van der Waals surface area (Å²) in [6, 6.07) is 0.532. The molecule has 0 radical (unpaired) electrons. The van der Waals surface area contributed by atoms with E-state index in [0.29, 0.717) is 6.04 Å². The van der Waals surface area contributed by atoms with Crippen LogP contribution in [-0.4, -0.2) is 11.9 Å². The molecule has 1 rings (SSSR count). The standard InChI is InChI=1S/C12H24N2/c1-3-5-12(13)14-11-8-6-10(4-2)7-9-11/h10-11H,3-9H2,1-2H3,(H2,13,14). The summed E-state index contributed by atoms with van der Waals surface area (Å²) in [6.45, 7) is 4.44. The minimum absolute atomic E-state index is 0.532. The van der Waals surface area contributed by atoms with Crippen molar-refractivity contribution in [3.63, 3.8) is 0 Å². The minimum Gasteiger partial charge on any atom is -0.387 e. The Labute approximate surface area is 88.0 Å². The first-order valence-corrected chi connectivity index (χ1v) is 6.08. The molecule has 0 aromatic heterocycles. The molecular formula is C12H24N2. The van der Waals surface area contributed by atoms with Gasteiger partial charge in [0.15, 0.2) is 0 Å². The van der Waals surface area contributed by atoms with Gasteiger partial charge in [-0.3, -0.25) is 4.99 Å². The molecule has 1 aliphatic carbocycles. The summed E-state index contributed by atoms with van der Waals surface area (Å²) >= 11 is 0. The van der Waals surface area contributed by atoms with Crippen LogP contribution in [0.5, 0.6) is 0 Å². The third-order valence-electron chi connectivity index (χ3n) is 3.25. The van der Waals surface area contributed by atoms with E-state index >= 15 is 0 Å². The molecule has 0 atom stereocenters. The molecule has 0 spiro atoms. The second-order valence-corrected chi connectivity index (χ2v) is 4.45. The number of nitrogens with zero attached hydrogens (tertiary/aromatic N) is 1. The quantitative estimate of drug-likeness (QED) is 0.544. The minimum atomic E-state index is 0.532. The summed E-state index contributed by atoms with van der Waals surface area (Å²) in [7, 11) is 0. The highest BCUT2D eigenvalue weighted by Gasteiger charge is 2.19. The highest BCUT2D eigenvalue weighted by atomic mass is 14.9. The number of hydrogen-bond donors (Lipinski definition) is 1. The van der Waals surface area contributed by atoms with Gasteiger partial charge in [-0.05, 0) is 38.0 Å². The van der Waals surface area contributed by atoms with Crippen LogP contribution in [0.25, 0.3) is 0 Å². The first-order chi connectivity index (χ1) is 6.76. The number of amidine groups is 1. The van der Waals surface area contributed by atoms with Crippen LogP contribution < -0.4 is 5.73 Å². The molecule has 0 amide bonds. The molecule has 82 valence electrons. The smallest absolute Gasteiger partial charge is 0.0940 e. The average Bonchev–Trinajstić information content (AvgIpc) is 2.19. The van der Waals surface area contributed by atoms with Gasteiger partial charge in [0.1, 0.15) is 0 Å². The lowest BCUT2D eigenvalue weighted by Gasteiger charge is -2.25. The van der Waals surface area contributed by atoms with Crippen molar-refractivity contribution in [2.75, 3.05) is 0 Å². The van der Waals surface area contributed by atoms with Crippen molar-refractivity contribution in [1.29, 1.82) is 0 Å². The highest BCUT2D eigenvalue weighted by Crippen LogP contribution is 2.28. The van der Waals surface area contributed by atoms with Crippen LogP contribution in [0.15, 0.2) is 4.99 Å². The Morgan fingerprint density at radius 2 is 1.86 bits per heavy atom. The largest absolute Gasteiger partial charge is 0.387 e. The SMILES string of the molecule is CCCC(N)=NC1CCC(CC)CC1. The van der Waals surface area contributed by atoms with E-state index in [1.54, 1.807) is 0 Å². The van der Waals surface area contributed by atoms with Crippen molar-refractivity contribution < 1.29 is 0 Å². The molecule has 1 aliphatic rings. The van der Waals surface area contributed by atoms with Crippen LogP contribution in [0.1, 0.15) is 58.8 Å². The summed E-state index contributed by atoms with van der Waals surface area (Å²) in [5.41, 5.74) is 5.83.